The normalized spacial score (nSPS) is 12.7. The first kappa shape index (κ1) is 14.3. The van der Waals surface area contributed by atoms with Crippen LogP contribution >= 0.6 is 43.2 Å². The van der Waals surface area contributed by atoms with Gasteiger partial charge >= 0.3 is 0 Å². The van der Waals surface area contributed by atoms with E-state index in [0.29, 0.717) is 0 Å². The van der Waals surface area contributed by atoms with E-state index in [4.69, 9.17) is 5.73 Å². The number of halogens is 2. The minimum absolute atomic E-state index is 0.0437. The summed E-state index contributed by atoms with van der Waals surface area (Å²) in [4.78, 5) is 2.78. The van der Waals surface area contributed by atoms with Crippen molar-refractivity contribution in [2.45, 2.75) is 25.8 Å². The highest BCUT2D eigenvalue weighted by Gasteiger charge is 2.10. The second-order valence-corrected chi connectivity index (χ2v) is 7.32. The summed E-state index contributed by atoms with van der Waals surface area (Å²) < 4.78 is 2.12. The van der Waals surface area contributed by atoms with E-state index in [-0.39, 0.29) is 6.04 Å². The van der Waals surface area contributed by atoms with Gasteiger partial charge in [-0.3, -0.25) is 0 Å². The van der Waals surface area contributed by atoms with Crippen LogP contribution in [-0.4, -0.2) is 0 Å². The number of rotatable bonds is 4. The molecule has 0 amide bonds. The van der Waals surface area contributed by atoms with Gasteiger partial charge in [0.2, 0.25) is 0 Å². The van der Waals surface area contributed by atoms with E-state index >= 15 is 0 Å². The molecule has 18 heavy (non-hydrogen) atoms. The van der Waals surface area contributed by atoms with Crippen LogP contribution < -0.4 is 5.73 Å². The smallest absolute Gasteiger partial charge is 0.0344 e. The zero-order valence-corrected chi connectivity index (χ0v) is 14.1. The standard InChI is InChI=1S/C14H15Br2NS/c1-2-12-3-4-13(18-12)8-14(17)9-5-10(15)7-11(16)6-9/h3-7,14H,2,8,17H2,1H3. The molecule has 0 saturated heterocycles. The molecule has 0 aliphatic rings. The molecule has 4 heteroatoms. The lowest BCUT2D eigenvalue weighted by Crippen LogP contribution is -2.12. The third-order valence-electron chi connectivity index (χ3n) is 2.80. The highest BCUT2D eigenvalue weighted by molar-refractivity contribution is 9.11. The molecule has 0 aliphatic heterocycles. The number of nitrogens with two attached hydrogens (primary N) is 1. The second-order valence-electron chi connectivity index (χ2n) is 4.23. The van der Waals surface area contributed by atoms with E-state index in [2.05, 4.69) is 63.0 Å². The van der Waals surface area contributed by atoms with Crippen molar-refractivity contribution in [2.24, 2.45) is 5.73 Å². The Kier molecular flexibility index (Phi) is 5.01. The number of hydrogen-bond donors (Lipinski definition) is 1. The van der Waals surface area contributed by atoms with Crippen LogP contribution in [-0.2, 0) is 12.8 Å². The summed E-state index contributed by atoms with van der Waals surface area (Å²) in [5.74, 6) is 0. The lowest BCUT2D eigenvalue weighted by molar-refractivity contribution is 0.729. The van der Waals surface area contributed by atoms with Crippen molar-refractivity contribution in [3.63, 3.8) is 0 Å². The monoisotopic (exact) mass is 387 g/mol. The van der Waals surface area contributed by atoms with Crippen LogP contribution in [0.4, 0.5) is 0 Å². The molecule has 1 nitrogen and oxygen atoms in total. The maximum atomic E-state index is 6.28. The predicted octanol–water partition coefficient (Wildman–Crippen LogP) is 5.08. The number of thiophene rings is 1. The van der Waals surface area contributed by atoms with Crippen LogP contribution in [0.2, 0.25) is 0 Å². The SMILES string of the molecule is CCc1ccc(CC(N)c2cc(Br)cc(Br)c2)s1. The zero-order chi connectivity index (χ0) is 13.1. The molecule has 0 aliphatic carbocycles. The summed E-state index contributed by atoms with van der Waals surface area (Å²) in [7, 11) is 0. The van der Waals surface area contributed by atoms with E-state index in [1.165, 1.54) is 9.75 Å². The van der Waals surface area contributed by atoms with Gasteiger partial charge in [0.05, 0.1) is 0 Å². The van der Waals surface area contributed by atoms with Gasteiger partial charge in [0.25, 0.3) is 0 Å². The third-order valence-corrected chi connectivity index (χ3v) is 4.97. The molecule has 1 atom stereocenters. The number of benzene rings is 1. The Balaban J connectivity index is 2.13. The van der Waals surface area contributed by atoms with Crippen molar-refractivity contribution in [3.8, 4) is 0 Å². The fourth-order valence-corrected chi connectivity index (χ4v) is 4.19. The van der Waals surface area contributed by atoms with Crippen LogP contribution in [0.3, 0.4) is 0 Å². The molecule has 0 fully saturated rings. The first-order valence-electron chi connectivity index (χ1n) is 5.87. The zero-order valence-electron chi connectivity index (χ0n) is 10.1. The van der Waals surface area contributed by atoms with Crippen LogP contribution in [0.15, 0.2) is 39.3 Å². The third kappa shape index (κ3) is 3.67. The van der Waals surface area contributed by atoms with Gasteiger partial charge in [-0.05, 0) is 42.3 Å². The van der Waals surface area contributed by atoms with Gasteiger partial charge < -0.3 is 5.73 Å². The summed E-state index contributed by atoms with van der Waals surface area (Å²) in [5, 5.41) is 0. The van der Waals surface area contributed by atoms with E-state index in [1.807, 2.05) is 17.4 Å². The first-order chi connectivity index (χ1) is 8.58. The van der Waals surface area contributed by atoms with E-state index in [9.17, 15) is 0 Å². The largest absolute Gasteiger partial charge is 0.324 e. The van der Waals surface area contributed by atoms with Gasteiger partial charge in [0.15, 0.2) is 0 Å². The Hall–Kier alpha value is -0.160. The van der Waals surface area contributed by atoms with Gasteiger partial charge in [0, 0.05) is 31.2 Å². The van der Waals surface area contributed by atoms with Crippen LogP contribution in [0, 0.1) is 0 Å². The molecule has 2 aromatic rings. The molecule has 2 N–H and O–H groups in total. The van der Waals surface area contributed by atoms with Crippen molar-refractivity contribution in [3.05, 3.63) is 54.6 Å². The summed E-state index contributed by atoms with van der Waals surface area (Å²) in [5.41, 5.74) is 7.44. The van der Waals surface area contributed by atoms with Crippen molar-refractivity contribution < 1.29 is 0 Å². The van der Waals surface area contributed by atoms with Gasteiger partial charge in [-0.25, -0.2) is 0 Å². The molecule has 0 saturated carbocycles. The predicted molar refractivity (Wildman–Crippen MR) is 86.2 cm³/mol. The average Bonchev–Trinajstić information content (AvgIpc) is 2.75. The molecule has 1 aromatic heterocycles. The average molecular weight is 389 g/mol. The molecule has 1 heterocycles. The Morgan fingerprint density at radius 3 is 2.28 bits per heavy atom. The summed E-state index contributed by atoms with van der Waals surface area (Å²) in [6.07, 6.45) is 2.00. The Bertz CT molecular complexity index is 516. The highest BCUT2D eigenvalue weighted by Crippen LogP contribution is 2.27. The molecular formula is C14H15Br2NS. The van der Waals surface area contributed by atoms with Crippen molar-refractivity contribution in [2.75, 3.05) is 0 Å². The summed E-state index contributed by atoms with van der Waals surface area (Å²) >= 11 is 8.86. The van der Waals surface area contributed by atoms with Gasteiger partial charge in [0.1, 0.15) is 0 Å². The summed E-state index contributed by atoms with van der Waals surface area (Å²) in [6, 6.07) is 10.6. The van der Waals surface area contributed by atoms with Crippen molar-refractivity contribution in [1.82, 2.24) is 0 Å². The van der Waals surface area contributed by atoms with Gasteiger partial charge in [-0.15, -0.1) is 11.3 Å². The molecule has 1 unspecified atom stereocenters. The molecule has 0 radical (unpaired) electrons. The van der Waals surface area contributed by atoms with Crippen LogP contribution in [0.1, 0.15) is 28.3 Å². The maximum Gasteiger partial charge on any atom is 0.0344 e. The fraction of sp³-hybridized carbons (Fsp3) is 0.286. The molecular weight excluding hydrogens is 374 g/mol. The highest BCUT2D eigenvalue weighted by atomic mass is 79.9. The minimum atomic E-state index is 0.0437. The molecule has 2 rings (SSSR count). The lowest BCUT2D eigenvalue weighted by atomic mass is 10.0. The maximum absolute atomic E-state index is 6.28. The number of hydrogen-bond acceptors (Lipinski definition) is 2. The van der Waals surface area contributed by atoms with Crippen LogP contribution in [0.5, 0.6) is 0 Å². The van der Waals surface area contributed by atoms with Crippen molar-refractivity contribution >= 4 is 43.2 Å². The fourth-order valence-electron chi connectivity index (χ4n) is 1.85. The van der Waals surface area contributed by atoms with E-state index < -0.39 is 0 Å². The van der Waals surface area contributed by atoms with E-state index in [1.54, 1.807) is 0 Å². The Morgan fingerprint density at radius 2 is 1.72 bits per heavy atom. The Morgan fingerprint density at radius 1 is 1.11 bits per heavy atom. The molecule has 1 aromatic carbocycles. The number of aryl methyl sites for hydroxylation is 1. The van der Waals surface area contributed by atoms with Gasteiger partial charge in [-0.1, -0.05) is 38.8 Å². The quantitative estimate of drug-likeness (QED) is 0.776. The van der Waals surface area contributed by atoms with Gasteiger partial charge in [-0.2, -0.15) is 0 Å². The van der Waals surface area contributed by atoms with Crippen molar-refractivity contribution in [1.29, 1.82) is 0 Å². The topological polar surface area (TPSA) is 26.0 Å². The molecule has 0 spiro atoms. The minimum Gasteiger partial charge on any atom is -0.324 e. The van der Waals surface area contributed by atoms with Crippen LogP contribution in [0.25, 0.3) is 0 Å². The summed E-state index contributed by atoms with van der Waals surface area (Å²) in [6.45, 7) is 2.18. The first-order valence-corrected chi connectivity index (χ1v) is 8.28. The molecule has 0 bridgehead atoms. The second kappa shape index (κ2) is 6.33. The molecule has 96 valence electrons. The lowest BCUT2D eigenvalue weighted by Gasteiger charge is -2.12. The Labute approximate surface area is 129 Å². The van der Waals surface area contributed by atoms with E-state index in [0.717, 1.165) is 27.4 Å².